The highest BCUT2D eigenvalue weighted by Gasteiger charge is 2.21. The lowest BCUT2D eigenvalue weighted by molar-refractivity contribution is -0.133. The van der Waals surface area contributed by atoms with E-state index in [9.17, 15) is 4.79 Å². The van der Waals surface area contributed by atoms with Crippen LogP contribution in [0.15, 0.2) is 72.0 Å². The van der Waals surface area contributed by atoms with Crippen molar-refractivity contribution < 1.29 is 9.53 Å². The summed E-state index contributed by atoms with van der Waals surface area (Å²) in [5.74, 6) is 0.362. The summed E-state index contributed by atoms with van der Waals surface area (Å²) in [6.45, 7) is 2.13. The number of cyclic esters (lactones) is 1. The van der Waals surface area contributed by atoms with Crippen molar-refractivity contribution in [2.45, 2.75) is 19.8 Å². The predicted molar refractivity (Wildman–Crippen MR) is 88.1 cm³/mol. The average Bonchev–Trinajstić information content (AvgIpc) is 2.88. The van der Waals surface area contributed by atoms with Gasteiger partial charge in [0.05, 0.1) is 0 Å². The fourth-order valence-electron chi connectivity index (χ4n) is 2.46. The molecule has 1 heterocycles. The molecule has 0 saturated heterocycles. The van der Waals surface area contributed by atoms with Gasteiger partial charge in [0.25, 0.3) is 0 Å². The van der Waals surface area contributed by atoms with Crippen LogP contribution in [0.1, 0.15) is 23.6 Å². The number of esters is 1. The minimum Gasteiger partial charge on any atom is -0.423 e. The maximum Gasteiger partial charge on any atom is 0.339 e. The smallest absolute Gasteiger partial charge is 0.339 e. The first-order valence-electron chi connectivity index (χ1n) is 7.52. The van der Waals surface area contributed by atoms with Crippen LogP contribution in [0.2, 0.25) is 0 Å². The van der Waals surface area contributed by atoms with Gasteiger partial charge in [0, 0.05) is 12.0 Å². The summed E-state index contributed by atoms with van der Waals surface area (Å²) in [4.78, 5) is 11.9. The van der Waals surface area contributed by atoms with E-state index in [1.807, 2.05) is 54.6 Å². The largest absolute Gasteiger partial charge is 0.423 e. The van der Waals surface area contributed by atoms with Crippen molar-refractivity contribution >= 4 is 12.0 Å². The average molecular weight is 290 g/mol. The third-order valence-corrected chi connectivity index (χ3v) is 3.72. The summed E-state index contributed by atoms with van der Waals surface area (Å²) in [6.07, 6.45) is 5.36. The van der Waals surface area contributed by atoms with Gasteiger partial charge in [0.15, 0.2) is 0 Å². The molecule has 0 bridgehead atoms. The van der Waals surface area contributed by atoms with Crippen molar-refractivity contribution in [2.24, 2.45) is 0 Å². The zero-order valence-corrected chi connectivity index (χ0v) is 12.6. The SMILES string of the molecule is CCc1ccc(/C=C2\C=C(Cc3ccccc3)C(=O)O2)cc1. The molecule has 0 radical (unpaired) electrons. The molecule has 2 aromatic rings. The van der Waals surface area contributed by atoms with Gasteiger partial charge >= 0.3 is 5.97 Å². The Hall–Kier alpha value is -2.61. The molecule has 2 nitrogen and oxygen atoms in total. The summed E-state index contributed by atoms with van der Waals surface area (Å²) in [5.41, 5.74) is 4.14. The van der Waals surface area contributed by atoms with Crippen molar-refractivity contribution in [3.8, 4) is 0 Å². The minimum atomic E-state index is -0.250. The van der Waals surface area contributed by atoms with Gasteiger partial charge < -0.3 is 4.74 Å². The summed E-state index contributed by atoms with van der Waals surface area (Å²) >= 11 is 0. The van der Waals surface area contributed by atoms with Gasteiger partial charge in [-0.05, 0) is 35.3 Å². The molecule has 0 fully saturated rings. The number of aryl methyl sites for hydroxylation is 1. The van der Waals surface area contributed by atoms with Crippen molar-refractivity contribution in [3.05, 3.63) is 88.7 Å². The Morgan fingerprint density at radius 1 is 0.955 bits per heavy atom. The van der Waals surface area contributed by atoms with Crippen LogP contribution in [0.4, 0.5) is 0 Å². The molecule has 0 spiro atoms. The molecule has 3 rings (SSSR count). The van der Waals surface area contributed by atoms with E-state index >= 15 is 0 Å². The second kappa shape index (κ2) is 6.44. The molecule has 0 atom stereocenters. The Kier molecular flexibility index (Phi) is 4.19. The van der Waals surface area contributed by atoms with Gasteiger partial charge in [-0.1, -0.05) is 61.5 Å². The van der Waals surface area contributed by atoms with Crippen molar-refractivity contribution in [1.82, 2.24) is 0 Å². The fraction of sp³-hybridized carbons (Fsp3) is 0.150. The molecular weight excluding hydrogens is 272 g/mol. The second-order valence-corrected chi connectivity index (χ2v) is 5.36. The lowest BCUT2D eigenvalue weighted by Crippen LogP contribution is -2.01. The van der Waals surface area contributed by atoms with Gasteiger partial charge in [0.2, 0.25) is 0 Å². The highest BCUT2D eigenvalue weighted by atomic mass is 16.5. The van der Waals surface area contributed by atoms with Crippen LogP contribution in [0.25, 0.3) is 6.08 Å². The predicted octanol–water partition coefficient (Wildman–Crippen LogP) is 4.32. The molecule has 0 saturated carbocycles. The van der Waals surface area contributed by atoms with E-state index in [0.717, 1.165) is 17.5 Å². The maximum absolute atomic E-state index is 11.9. The number of ether oxygens (including phenoxy) is 1. The molecule has 0 amide bonds. The van der Waals surface area contributed by atoms with E-state index in [1.54, 1.807) is 0 Å². The molecule has 22 heavy (non-hydrogen) atoms. The van der Waals surface area contributed by atoms with E-state index in [1.165, 1.54) is 5.56 Å². The van der Waals surface area contributed by atoms with Crippen LogP contribution in [0.3, 0.4) is 0 Å². The van der Waals surface area contributed by atoms with Gasteiger partial charge in [-0.2, -0.15) is 0 Å². The van der Waals surface area contributed by atoms with Gasteiger partial charge in [-0.3, -0.25) is 0 Å². The number of hydrogen-bond donors (Lipinski definition) is 0. The standard InChI is InChI=1S/C20H18O2/c1-2-15-8-10-17(11-9-15)13-19-14-18(20(21)22-19)12-16-6-4-3-5-7-16/h3-11,13-14H,2,12H2,1H3/b19-13+. The molecule has 110 valence electrons. The lowest BCUT2D eigenvalue weighted by Gasteiger charge is -2.00. The zero-order chi connectivity index (χ0) is 15.4. The third-order valence-electron chi connectivity index (χ3n) is 3.72. The highest BCUT2D eigenvalue weighted by molar-refractivity contribution is 5.94. The highest BCUT2D eigenvalue weighted by Crippen LogP contribution is 2.23. The Morgan fingerprint density at radius 2 is 1.68 bits per heavy atom. The van der Waals surface area contributed by atoms with E-state index in [0.29, 0.717) is 17.8 Å². The van der Waals surface area contributed by atoms with Crippen LogP contribution >= 0.6 is 0 Å². The Balaban J connectivity index is 1.78. The number of benzene rings is 2. The van der Waals surface area contributed by atoms with Crippen molar-refractivity contribution in [1.29, 1.82) is 0 Å². The molecule has 1 aliphatic rings. The topological polar surface area (TPSA) is 26.3 Å². The maximum atomic E-state index is 11.9. The molecule has 0 N–H and O–H groups in total. The van der Waals surface area contributed by atoms with Crippen LogP contribution in [0.5, 0.6) is 0 Å². The van der Waals surface area contributed by atoms with Gasteiger partial charge in [0.1, 0.15) is 5.76 Å². The molecule has 0 aromatic heterocycles. The van der Waals surface area contributed by atoms with Crippen molar-refractivity contribution in [2.75, 3.05) is 0 Å². The monoisotopic (exact) mass is 290 g/mol. The minimum absolute atomic E-state index is 0.250. The quantitative estimate of drug-likeness (QED) is 0.784. The Labute approximate surface area is 130 Å². The fourth-order valence-corrected chi connectivity index (χ4v) is 2.46. The van der Waals surface area contributed by atoms with E-state index < -0.39 is 0 Å². The molecule has 0 unspecified atom stereocenters. The summed E-state index contributed by atoms with van der Waals surface area (Å²) in [6, 6.07) is 18.2. The number of carbonyl (C=O) groups excluding carboxylic acids is 1. The molecule has 2 heteroatoms. The number of allylic oxidation sites excluding steroid dienone is 1. The first kappa shape index (κ1) is 14.3. The third kappa shape index (κ3) is 3.34. The summed E-state index contributed by atoms with van der Waals surface area (Å²) < 4.78 is 5.34. The first-order chi connectivity index (χ1) is 10.7. The van der Waals surface area contributed by atoms with Crippen LogP contribution < -0.4 is 0 Å². The lowest BCUT2D eigenvalue weighted by atomic mass is 10.1. The summed E-state index contributed by atoms with van der Waals surface area (Å²) in [7, 11) is 0. The number of rotatable bonds is 4. The summed E-state index contributed by atoms with van der Waals surface area (Å²) in [5, 5.41) is 0. The van der Waals surface area contributed by atoms with E-state index in [2.05, 4.69) is 19.1 Å². The number of hydrogen-bond acceptors (Lipinski definition) is 2. The van der Waals surface area contributed by atoms with Crippen molar-refractivity contribution in [3.63, 3.8) is 0 Å². The first-order valence-corrected chi connectivity index (χ1v) is 7.52. The van der Waals surface area contributed by atoms with Gasteiger partial charge in [-0.15, -0.1) is 0 Å². The Bertz CT molecular complexity index is 722. The van der Waals surface area contributed by atoms with E-state index in [-0.39, 0.29) is 5.97 Å². The molecule has 0 aliphatic carbocycles. The van der Waals surface area contributed by atoms with Crippen LogP contribution in [0, 0.1) is 0 Å². The van der Waals surface area contributed by atoms with Crippen LogP contribution in [-0.2, 0) is 22.4 Å². The molecule has 2 aromatic carbocycles. The normalized spacial score (nSPS) is 15.8. The van der Waals surface area contributed by atoms with E-state index in [4.69, 9.17) is 4.74 Å². The molecular formula is C20H18O2. The van der Waals surface area contributed by atoms with Crippen LogP contribution in [-0.4, -0.2) is 5.97 Å². The Morgan fingerprint density at radius 3 is 2.36 bits per heavy atom. The van der Waals surface area contributed by atoms with Gasteiger partial charge in [-0.25, -0.2) is 4.79 Å². The number of carbonyl (C=O) groups is 1. The second-order valence-electron chi connectivity index (χ2n) is 5.36. The zero-order valence-electron chi connectivity index (χ0n) is 12.6. The molecule has 1 aliphatic heterocycles.